The minimum atomic E-state index is -0.466. The fraction of sp³-hybridized carbons (Fsp3) is 0.0556. The van der Waals surface area contributed by atoms with E-state index >= 15 is 0 Å². The zero-order chi connectivity index (χ0) is 16.9. The second-order valence-corrected chi connectivity index (χ2v) is 5.21. The lowest BCUT2D eigenvalue weighted by Crippen LogP contribution is -2.13. The van der Waals surface area contributed by atoms with E-state index in [0.717, 1.165) is 17.3 Å². The monoisotopic (exact) mass is 322 g/mol. The Kier molecular flexibility index (Phi) is 4.47. The predicted molar refractivity (Wildman–Crippen MR) is 90.8 cm³/mol. The molecule has 1 aromatic heterocycles. The summed E-state index contributed by atoms with van der Waals surface area (Å²) in [6.07, 6.45) is 0. The molecule has 0 fully saturated rings. The maximum atomic E-state index is 13.1. The number of halogens is 1. The number of aromatic nitrogens is 2. The molecule has 0 saturated carbocycles. The van der Waals surface area contributed by atoms with Gasteiger partial charge in [0.15, 0.2) is 11.6 Å². The summed E-state index contributed by atoms with van der Waals surface area (Å²) in [6.45, 7) is 1.99. The van der Waals surface area contributed by atoms with Crippen molar-refractivity contribution in [2.24, 2.45) is 0 Å². The summed E-state index contributed by atoms with van der Waals surface area (Å²) >= 11 is 0. The maximum absolute atomic E-state index is 13.1. The number of nitrogens with one attached hydrogen (secondary N) is 2. The number of hydrogen-bond donors (Lipinski definition) is 2. The zero-order valence-corrected chi connectivity index (χ0v) is 13.0. The Morgan fingerprint density at radius 3 is 2.42 bits per heavy atom. The third-order valence-corrected chi connectivity index (χ3v) is 3.40. The normalized spacial score (nSPS) is 10.2. The van der Waals surface area contributed by atoms with E-state index in [1.807, 2.05) is 31.2 Å². The van der Waals surface area contributed by atoms with Crippen molar-refractivity contribution in [1.82, 2.24) is 10.2 Å². The molecule has 1 amide bonds. The number of amides is 1. The average molecular weight is 322 g/mol. The largest absolute Gasteiger partial charge is 0.339 e. The van der Waals surface area contributed by atoms with Gasteiger partial charge in [0.05, 0.1) is 0 Å². The number of carbonyl (C=O) groups is 1. The zero-order valence-electron chi connectivity index (χ0n) is 13.0. The van der Waals surface area contributed by atoms with Gasteiger partial charge in [-0.1, -0.05) is 24.3 Å². The molecule has 0 aliphatic rings. The van der Waals surface area contributed by atoms with Crippen LogP contribution in [0.4, 0.5) is 21.7 Å². The highest BCUT2D eigenvalue weighted by Gasteiger charge is 2.08. The molecule has 3 rings (SSSR count). The van der Waals surface area contributed by atoms with E-state index in [0.29, 0.717) is 11.6 Å². The van der Waals surface area contributed by atoms with E-state index in [2.05, 4.69) is 20.8 Å². The number of nitrogens with zero attached hydrogens (tertiary/aromatic N) is 2. The molecule has 0 unspecified atom stereocenters. The third kappa shape index (κ3) is 3.73. The Labute approximate surface area is 138 Å². The maximum Gasteiger partial charge on any atom is 0.256 e. The lowest BCUT2D eigenvalue weighted by atomic mass is 10.2. The van der Waals surface area contributed by atoms with Gasteiger partial charge in [0.2, 0.25) is 0 Å². The fourth-order valence-electron chi connectivity index (χ4n) is 2.13. The van der Waals surface area contributed by atoms with Gasteiger partial charge in [-0.3, -0.25) is 4.79 Å². The molecule has 0 bridgehead atoms. The number of benzene rings is 2. The van der Waals surface area contributed by atoms with Gasteiger partial charge in [0.25, 0.3) is 5.91 Å². The highest BCUT2D eigenvalue weighted by Crippen LogP contribution is 2.18. The standard InChI is InChI=1S/C18H15FN4O/c1-12-5-2-3-8-15(12)20-16-9-10-17(23-22-16)21-18(24)13-6-4-7-14(19)11-13/h2-11H,1H3,(H,20,22)(H,21,23,24). The summed E-state index contributed by atoms with van der Waals surface area (Å²) in [6, 6.07) is 16.6. The number of hydrogen-bond acceptors (Lipinski definition) is 4. The summed E-state index contributed by atoms with van der Waals surface area (Å²) in [5.74, 6) is -0.0532. The first-order chi connectivity index (χ1) is 11.6. The number of anilines is 3. The van der Waals surface area contributed by atoms with Crippen molar-refractivity contribution >= 4 is 23.2 Å². The van der Waals surface area contributed by atoms with Gasteiger partial charge >= 0.3 is 0 Å². The van der Waals surface area contributed by atoms with E-state index in [4.69, 9.17) is 0 Å². The fourth-order valence-corrected chi connectivity index (χ4v) is 2.13. The van der Waals surface area contributed by atoms with Gasteiger partial charge in [0, 0.05) is 11.3 Å². The van der Waals surface area contributed by atoms with E-state index in [9.17, 15) is 9.18 Å². The van der Waals surface area contributed by atoms with Crippen molar-refractivity contribution in [3.63, 3.8) is 0 Å². The lowest BCUT2D eigenvalue weighted by molar-refractivity contribution is 0.102. The molecule has 2 aromatic carbocycles. The van der Waals surface area contributed by atoms with Crippen LogP contribution >= 0.6 is 0 Å². The predicted octanol–water partition coefficient (Wildman–Crippen LogP) is 3.92. The van der Waals surface area contributed by atoms with Gasteiger partial charge in [-0.05, 0) is 48.9 Å². The summed E-state index contributed by atoms with van der Waals surface area (Å²) in [5.41, 5.74) is 2.24. The summed E-state index contributed by atoms with van der Waals surface area (Å²) in [4.78, 5) is 12.0. The molecule has 0 saturated heterocycles. The van der Waals surface area contributed by atoms with Crippen molar-refractivity contribution < 1.29 is 9.18 Å². The molecule has 1 heterocycles. The van der Waals surface area contributed by atoms with Crippen LogP contribution in [0.5, 0.6) is 0 Å². The van der Waals surface area contributed by atoms with Crippen LogP contribution in [-0.4, -0.2) is 16.1 Å². The Morgan fingerprint density at radius 1 is 0.958 bits per heavy atom. The second kappa shape index (κ2) is 6.87. The molecule has 24 heavy (non-hydrogen) atoms. The van der Waals surface area contributed by atoms with E-state index in [1.165, 1.54) is 18.2 Å². The molecular formula is C18H15FN4O. The van der Waals surface area contributed by atoms with Gasteiger partial charge in [-0.2, -0.15) is 0 Å². The molecule has 6 heteroatoms. The van der Waals surface area contributed by atoms with Crippen molar-refractivity contribution in [2.45, 2.75) is 6.92 Å². The van der Waals surface area contributed by atoms with Crippen molar-refractivity contribution in [2.75, 3.05) is 10.6 Å². The van der Waals surface area contributed by atoms with Gasteiger partial charge in [0.1, 0.15) is 5.82 Å². The third-order valence-electron chi connectivity index (χ3n) is 3.40. The summed E-state index contributed by atoms with van der Waals surface area (Å²) in [7, 11) is 0. The van der Waals surface area contributed by atoms with Crippen molar-refractivity contribution in [3.05, 3.63) is 77.6 Å². The van der Waals surface area contributed by atoms with Gasteiger partial charge in [-0.15, -0.1) is 10.2 Å². The van der Waals surface area contributed by atoms with Crippen LogP contribution in [0.3, 0.4) is 0 Å². The van der Waals surface area contributed by atoms with Gasteiger partial charge in [-0.25, -0.2) is 4.39 Å². The number of carbonyl (C=O) groups excluding carboxylic acids is 1. The van der Waals surface area contributed by atoms with E-state index < -0.39 is 11.7 Å². The summed E-state index contributed by atoms with van der Waals surface area (Å²) < 4.78 is 13.1. The number of aryl methyl sites for hydroxylation is 1. The molecule has 0 aliphatic carbocycles. The van der Waals surface area contributed by atoms with Crippen LogP contribution in [0, 0.1) is 12.7 Å². The molecular weight excluding hydrogens is 307 g/mol. The Hall–Kier alpha value is -3.28. The highest BCUT2D eigenvalue weighted by atomic mass is 19.1. The highest BCUT2D eigenvalue weighted by molar-refractivity contribution is 6.03. The van der Waals surface area contributed by atoms with Crippen LogP contribution < -0.4 is 10.6 Å². The Balaban J connectivity index is 1.68. The topological polar surface area (TPSA) is 66.9 Å². The second-order valence-electron chi connectivity index (χ2n) is 5.21. The molecule has 0 radical (unpaired) electrons. The Bertz CT molecular complexity index is 865. The lowest BCUT2D eigenvalue weighted by Gasteiger charge is -2.08. The van der Waals surface area contributed by atoms with Gasteiger partial charge < -0.3 is 10.6 Å². The van der Waals surface area contributed by atoms with Crippen molar-refractivity contribution in [3.8, 4) is 0 Å². The summed E-state index contributed by atoms with van der Waals surface area (Å²) in [5, 5.41) is 13.7. The number of rotatable bonds is 4. The first kappa shape index (κ1) is 15.6. The van der Waals surface area contributed by atoms with Crippen LogP contribution in [0.2, 0.25) is 0 Å². The quantitative estimate of drug-likeness (QED) is 0.764. The molecule has 3 aromatic rings. The van der Waals surface area contributed by atoms with Crippen LogP contribution in [0.1, 0.15) is 15.9 Å². The van der Waals surface area contributed by atoms with Crippen molar-refractivity contribution in [1.29, 1.82) is 0 Å². The minimum Gasteiger partial charge on any atom is -0.339 e. The SMILES string of the molecule is Cc1ccccc1Nc1ccc(NC(=O)c2cccc(F)c2)nn1. The average Bonchev–Trinajstić information content (AvgIpc) is 2.58. The molecule has 0 spiro atoms. The molecule has 0 atom stereocenters. The van der Waals surface area contributed by atoms with Crippen LogP contribution in [0.15, 0.2) is 60.7 Å². The van der Waals surface area contributed by atoms with E-state index in [1.54, 1.807) is 12.1 Å². The molecule has 2 N–H and O–H groups in total. The molecule has 120 valence electrons. The van der Waals surface area contributed by atoms with E-state index in [-0.39, 0.29) is 5.56 Å². The first-order valence-electron chi connectivity index (χ1n) is 7.35. The van der Waals surface area contributed by atoms with Crippen LogP contribution in [-0.2, 0) is 0 Å². The first-order valence-corrected chi connectivity index (χ1v) is 7.35. The van der Waals surface area contributed by atoms with Crippen LogP contribution in [0.25, 0.3) is 0 Å². The number of para-hydroxylation sites is 1. The smallest absolute Gasteiger partial charge is 0.256 e. The molecule has 5 nitrogen and oxygen atoms in total. The minimum absolute atomic E-state index is 0.221. The Morgan fingerprint density at radius 2 is 1.71 bits per heavy atom. The molecule has 0 aliphatic heterocycles.